The second kappa shape index (κ2) is 6.83. The molecule has 1 N–H and O–H groups in total. The van der Waals surface area contributed by atoms with Crippen molar-refractivity contribution in [1.82, 2.24) is 10.2 Å². The molecule has 0 saturated carbocycles. The van der Waals surface area contributed by atoms with E-state index in [1.807, 2.05) is 7.05 Å². The molecule has 0 amide bonds. The van der Waals surface area contributed by atoms with Crippen LogP contribution in [0.15, 0.2) is 16.8 Å². The quantitative estimate of drug-likeness (QED) is 0.764. The van der Waals surface area contributed by atoms with Crippen molar-refractivity contribution in [3.8, 4) is 0 Å². The van der Waals surface area contributed by atoms with E-state index in [0.29, 0.717) is 11.5 Å². The molecular weight excluding hydrogens is 280 g/mol. The van der Waals surface area contributed by atoms with Gasteiger partial charge in [0.2, 0.25) is 0 Å². The highest BCUT2D eigenvalue weighted by Crippen LogP contribution is 2.15. The van der Waals surface area contributed by atoms with E-state index in [1.54, 1.807) is 11.3 Å². The fourth-order valence-electron chi connectivity index (χ4n) is 2.35. The minimum atomic E-state index is -2.77. The molecule has 6 heteroatoms. The molecule has 1 unspecified atom stereocenters. The zero-order valence-electron chi connectivity index (χ0n) is 11.3. The first-order valence-electron chi connectivity index (χ1n) is 6.69. The van der Waals surface area contributed by atoms with Gasteiger partial charge >= 0.3 is 0 Å². The van der Waals surface area contributed by atoms with Gasteiger partial charge in [-0.3, -0.25) is 0 Å². The second-order valence-corrected chi connectivity index (χ2v) is 8.18. The summed E-state index contributed by atoms with van der Waals surface area (Å²) in [6, 6.07) is 2.37. The van der Waals surface area contributed by atoms with Crippen molar-refractivity contribution < 1.29 is 8.42 Å². The summed E-state index contributed by atoms with van der Waals surface area (Å²) in [5.41, 5.74) is 1.38. The van der Waals surface area contributed by atoms with E-state index in [2.05, 4.69) is 27.0 Å². The van der Waals surface area contributed by atoms with Crippen LogP contribution in [0.4, 0.5) is 0 Å². The lowest BCUT2D eigenvalue weighted by atomic mass is 10.2. The minimum absolute atomic E-state index is 0.212. The molecule has 1 saturated heterocycles. The predicted octanol–water partition coefficient (Wildman–Crippen LogP) is 0.999. The maximum Gasteiger partial charge on any atom is 0.151 e. The Morgan fingerprint density at radius 1 is 1.47 bits per heavy atom. The first-order chi connectivity index (χ1) is 9.07. The molecule has 1 atom stereocenters. The van der Waals surface area contributed by atoms with Gasteiger partial charge in [0.05, 0.1) is 11.5 Å². The van der Waals surface area contributed by atoms with Gasteiger partial charge in [0.25, 0.3) is 0 Å². The van der Waals surface area contributed by atoms with Crippen LogP contribution in [0.5, 0.6) is 0 Å². The Kier molecular flexibility index (Phi) is 5.38. The average molecular weight is 302 g/mol. The fraction of sp³-hybridized carbons (Fsp3) is 0.692. The lowest BCUT2D eigenvalue weighted by molar-refractivity contribution is 0.262. The Bertz CT molecular complexity index is 471. The largest absolute Gasteiger partial charge is 0.315 e. The molecule has 1 fully saturated rings. The molecule has 19 heavy (non-hydrogen) atoms. The summed E-state index contributed by atoms with van der Waals surface area (Å²) in [6.45, 7) is 2.80. The zero-order valence-corrected chi connectivity index (χ0v) is 13.0. The van der Waals surface area contributed by atoms with Crippen molar-refractivity contribution in [3.05, 3.63) is 22.4 Å². The van der Waals surface area contributed by atoms with Crippen molar-refractivity contribution in [2.45, 2.75) is 18.9 Å². The maximum atomic E-state index is 11.4. The number of rotatable bonds is 7. The van der Waals surface area contributed by atoms with Crippen LogP contribution in [0, 0.1) is 0 Å². The van der Waals surface area contributed by atoms with E-state index < -0.39 is 9.84 Å². The third-order valence-corrected chi connectivity index (χ3v) is 6.13. The number of hydrogen-bond donors (Lipinski definition) is 1. The van der Waals surface area contributed by atoms with E-state index in [0.717, 1.165) is 32.5 Å². The molecular formula is C13H22N2O2S2. The summed E-state index contributed by atoms with van der Waals surface area (Å²) in [6.07, 6.45) is 1.85. The van der Waals surface area contributed by atoms with Crippen LogP contribution in [-0.2, 0) is 16.3 Å². The van der Waals surface area contributed by atoms with Crippen molar-refractivity contribution >= 4 is 21.2 Å². The van der Waals surface area contributed by atoms with Gasteiger partial charge in [-0.25, -0.2) is 8.42 Å². The number of nitrogens with zero attached hydrogens (tertiary/aromatic N) is 1. The number of sulfone groups is 1. The van der Waals surface area contributed by atoms with Gasteiger partial charge in [-0.05, 0) is 48.8 Å². The molecule has 1 aromatic rings. The molecule has 108 valence electrons. The third-order valence-electron chi connectivity index (χ3n) is 3.64. The number of nitrogens with one attached hydrogen (secondary N) is 1. The molecule has 0 aromatic carbocycles. The summed E-state index contributed by atoms with van der Waals surface area (Å²) < 4.78 is 22.8. The molecule has 0 aliphatic carbocycles. The Morgan fingerprint density at radius 3 is 2.95 bits per heavy atom. The molecule has 1 aromatic heterocycles. The second-order valence-electron chi connectivity index (χ2n) is 5.17. The normalized spacial score (nSPS) is 22.1. The maximum absolute atomic E-state index is 11.4. The van der Waals surface area contributed by atoms with Crippen LogP contribution in [0.3, 0.4) is 0 Å². The molecule has 2 heterocycles. The van der Waals surface area contributed by atoms with Crippen LogP contribution in [0.25, 0.3) is 0 Å². The van der Waals surface area contributed by atoms with Crippen LogP contribution in [0.2, 0.25) is 0 Å². The first-order valence-corrected chi connectivity index (χ1v) is 9.46. The van der Waals surface area contributed by atoms with Gasteiger partial charge in [0.15, 0.2) is 9.84 Å². The Balaban J connectivity index is 1.58. The lowest BCUT2D eigenvalue weighted by Gasteiger charge is -2.23. The number of thiophene rings is 1. The standard InChI is InChI=1S/C13H22N2O2S2/c1-15(13-4-9-19(16,17)11-13)7-6-14-5-2-12-3-8-18-10-12/h3,8,10,13-14H,2,4-7,9,11H2,1H3. The monoisotopic (exact) mass is 302 g/mol. The topological polar surface area (TPSA) is 49.4 Å². The Morgan fingerprint density at radius 2 is 2.32 bits per heavy atom. The van der Waals surface area contributed by atoms with Gasteiger partial charge in [-0.15, -0.1) is 0 Å². The fourth-order valence-corrected chi connectivity index (χ4v) is 4.86. The van der Waals surface area contributed by atoms with Crippen LogP contribution in [-0.4, -0.2) is 57.5 Å². The van der Waals surface area contributed by atoms with Crippen molar-refractivity contribution in [1.29, 1.82) is 0 Å². The summed E-state index contributed by atoms with van der Waals surface area (Å²) in [4.78, 5) is 2.17. The van der Waals surface area contributed by atoms with Crippen LogP contribution in [0.1, 0.15) is 12.0 Å². The summed E-state index contributed by atoms with van der Waals surface area (Å²) >= 11 is 1.73. The highest BCUT2D eigenvalue weighted by atomic mass is 32.2. The van der Waals surface area contributed by atoms with E-state index in [1.165, 1.54) is 5.56 Å². The minimum Gasteiger partial charge on any atom is -0.315 e. The van der Waals surface area contributed by atoms with Gasteiger partial charge < -0.3 is 10.2 Å². The Hall–Kier alpha value is -0.430. The van der Waals surface area contributed by atoms with Crippen molar-refractivity contribution in [2.75, 3.05) is 38.2 Å². The van der Waals surface area contributed by atoms with Crippen molar-refractivity contribution in [3.63, 3.8) is 0 Å². The summed E-state index contributed by atoms with van der Waals surface area (Å²) in [5.74, 6) is 0.687. The van der Waals surface area contributed by atoms with Gasteiger partial charge in [-0.1, -0.05) is 0 Å². The van der Waals surface area contributed by atoms with Gasteiger partial charge in [0.1, 0.15) is 0 Å². The number of hydrogen-bond acceptors (Lipinski definition) is 5. The first kappa shape index (κ1) is 15.0. The van der Waals surface area contributed by atoms with Gasteiger partial charge in [0, 0.05) is 19.1 Å². The third kappa shape index (κ3) is 4.87. The molecule has 0 radical (unpaired) electrons. The summed E-state index contributed by atoms with van der Waals surface area (Å²) in [5, 5.41) is 7.69. The van der Waals surface area contributed by atoms with Crippen LogP contribution < -0.4 is 5.32 Å². The average Bonchev–Trinajstić information content (AvgIpc) is 2.98. The molecule has 1 aliphatic heterocycles. The van der Waals surface area contributed by atoms with E-state index >= 15 is 0 Å². The molecule has 4 nitrogen and oxygen atoms in total. The lowest BCUT2D eigenvalue weighted by Crippen LogP contribution is -2.38. The highest BCUT2D eigenvalue weighted by Gasteiger charge is 2.30. The summed E-state index contributed by atoms with van der Waals surface area (Å²) in [7, 11) is -0.746. The smallest absolute Gasteiger partial charge is 0.151 e. The SMILES string of the molecule is CN(CCNCCc1ccsc1)C1CCS(=O)(=O)C1. The zero-order chi connectivity index (χ0) is 13.7. The number of likely N-dealkylation sites (N-methyl/N-ethyl adjacent to an activating group) is 1. The van der Waals surface area contributed by atoms with E-state index in [4.69, 9.17) is 0 Å². The predicted molar refractivity (Wildman–Crippen MR) is 80.6 cm³/mol. The molecule has 1 aliphatic rings. The Labute approximate surface area is 119 Å². The van der Waals surface area contributed by atoms with Gasteiger partial charge in [-0.2, -0.15) is 11.3 Å². The molecule has 0 bridgehead atoms. The van der Waals surface area contributed by atoms with Crippen molar-refractivity contribution in [2.24, 2.45) is 0 Å². The van der Waals surface area contributed by atoms with E-state index in [9.17, 15) is 8.42 Å². The molecule has 2 rings (SSSR count). The highest BCUT2D eigenvalue weighted by molar-refractivity contribution is 7.91. The molecule has 0 spiro atoms. The van der Waals surface area contributed by atoms with Crippen LogP contribution >= 0.6 is 11.3 Å². The van der Waals surface area contributed by atoms with E-state index in [-0.39, 0.29) is 6.04 Å².